The number of rotatable bonds is 4. The first-order valence-corrected chi connectivity index (χ1v) is 7.01. The average molecular weight is 361 g/mol. The summed E-state index contributed by atoms with van der Waals surface area (Å²) in [5.41, 5.74) is 0. The van der Waals surface area contributed by atoms with E-state index in [1.54, 1.807) is 0 Å². The van der Waals surface area contributed by atoms with Crippen molar-refractivity contribution in [1.29, 1.82) is 0 Å². The molecule has 1 atom stereocenters. The van der Waals surface area contributed by atoms with Gasteiger partial charge in [-0.15, -0.1) is 0 Å². The molecular formula is C9H14BrIO2. The van der Waals surface area contributed by atoms with E-state index in [1.165, 1.54) is 12.8 Å². The fraction of sp³-hybridized carbons (Fsp3) is 0.889. The molecule has 0 aromatic rings. The van der Waals surface area contributed by atoms with E-state index in [2.05, 4.69) is 38.5 Å². The van der Waals surface area contributed by atoms with Gasteiger partial charge in [-0.2, -0.15) is 0 Å². The Morgan fingerprint density at radius 1 is 1.54 bits per heavy atom. The number of halogens is 2. The van der Waals surface area contributed by atoms with Gasteiger partial charge in [-0.1, -0.05) is 38.5 Å². The molecule has 1 aliphatic carbocycles. The molecule has 1 fully saturated rings. The monoisotopic (exact) mass is 360 g/mol. The molecule has 1 saturated carbocycles. The minimum Gasteiger partial charge on any atom is -0.462 e. The first-order chi connectivity index (χ1) is 6.24. The summed E-state index contributed by atoms with van der Waals surface area (Å²) in [7, 11) is 0. The Kier molecular flexibility index (Phi) is 5.62. The van der Waals surface area contributed by atoms with Gasteiger partial charge in [-0.25, -0.2) is 0 Å². The van der Waals surface area contributed by atoms with Crippen LogP contribution in [0.1, 0.15) is 32.1 Å². The summed E-state index contributed by atoms with van der Waals surface area (Å²) in [5, 5.41) is 0.861. The average Bonchev–Trinajstić information content (AvgIpc) is 2.57. The lowest BCUT2D eigenvalue weighted by molar-refractivity contribution is -0.147. The van der Waals surface area contributed by atoms with Crippen LogP contribution in [0.4, 0.5) is 0 Å². The highest BCUT2D eigenvalue weighted by Gasteiger charge is 2.22. The molecule has 0 bridgehead atoms. The molecule has 0 aliphatic heterocycles. The molecule has 0 amide bonds. The first-order valence-electron chi connectivity index (χ1n) is 4.64. The van der Waals surface area contributed by atoms with Crippen LogP contribution in [-0.2, 0) is 9.53 Å². The summed E-state index contributed by atoms with van der Waals surface area (Å²) in [5.74, 6) is -0.0352. The Morgan fingerprint density at radius 2 is 2.15 bits per heavy atom. The van der Waals surface area contributed by atoms with E-state index in [0.717, 1.165) is 24.6 Å². The second kappa shape index (κ2) is 6.22. The fourth-order valence-corrected chi connectivity index (χ4v) is 3.23. The van der Waals surface area contributed by atoms with Gasteiger partial charge in [0.2, 0.25) is 0 Å². The highest BCUT2D eigenvalue weighted by molar-refractivity contribution is 14.1. The van der Waals surface area contributed by atoms with Gasteiger partial charge < -0.3 is 4.74 Å². The molecule has 0 aromatic heterocycles. The Hall–Kier alpha value is 0.680. The Bertz CT molecular complexity index is 169. The molecule has 13 heavy (non-hydrogen) atoms. The van der Waals surface area contributed by atoms with Crippen LogP contribution >= 0.6 is 38.5 Å². The maximum atomic E-state index is 11.4. The van der Waals surface area contributed by atoms with E-state index in [1.807, 2.05) is 0 Å². The van der Waals surface area contributed by atoms with Crippen LogP contribution in [-0.4, -0.2) is 21.3 Å². The topological polar surface area (TPSA) is 26.3 Å². The predicted octanol–water partition coefficient (Wildman–Crippen LogP) is 3.06. The molecule has 0 spiro atoms. The smallest absolute Gasteiger partial charge is 0.319 e. The van der Waals surface area contributed by atoms with Crippen molar-refractivity contribution in [3.63, 3.8) is 0 Å². The van der Waals surface area contributed by atoms with E-state index in [4.69, 9.17) is 4.74 Å². The molecule has 4 heteroatoms. The lowest BCUT2D eigenvalue weighted by Crippen LogP contribution is -2.22. The van der Waals surface area contributed by atoms with Gasteiger partial charge in [-0.3, -0.25) is 4.79 Å². The van der Waals surface area contributed by atoms with Gasteiger partial charge in [0.25, 0.3) is 0 Å². The van der Waals surface area contributed by atoms with E-state index < -0.39 is 0 Å². The number of carbonyl (C=O) groups is 1. The third kappa shape index (κ3) is 4.14. The van der Waals surface area contributed by atoms with Gasteiger partial charge >= 0.3 is 5.97 Å². The lowest BCUT2D eigenvalue weighted by Gasteiger charge is -2.13. The van der Waals surface area contributed by atoms with Crippen LogP contribution in [0, 0.1) is 0 Å². The maximum absolute atomic E-state index is 11.4. The number of hydrogen-bond acceptors (Lipinski definition) is 2. The number of ether oxygens (including phenoxy) is 1. The summed E-state index contributed by atoms with van der Waals surface area (Å²) in [6, 6.07) is 0. The van der Waals surface area contributed by atoms with Crippen molar-refractivity contribution in [2.75, 3.05) is 5.33 Å². The molecule has 76 valence electrons. The van der Waals surface area contributed by atoms with Crippen molar-refractivity contribution in [1.82, 2.24) is 0 Å². The van der Waals surface area contributed by atoms with E-state index in [-0.39, 0.29) is 16.0 Å². The minimum absolute atomic E-state index is 0.0116. The van der Waals surface area contributed by atoms with Crippen LogP contribution in [0.15, 0.2) is 0 Å². The maximum Gasteiger partial charge on any atom is 0.319 e. The van der Waals surface area contributed by atoms with Crippen molar-refractivity contribution in [3.8, 4) is 0 Å². The number of esters is 1. The lowest BCUT2D eigenvalue weighted by atomic mass is 10.3. The van der Waals surface area contributed by atoms with Gasteiger partial charge in [-0.05, 0) is 32.1 Å². The molecule has 0 saturated heterocycles. The summed E-state index contributed by atoms with van der Waals surface area (Å²) in [4.78, 5) is 11.4. The third-order valence-corrected chi connectivity index (χ3v) is 3.79. The zero-order chi connectivity index (χ0) is 9.68. The summed E-state index contributed by atoms with van der Waals surface area (Å²) in [6.07, 6.45) is 5.60. The summed E-state index contributed by atoms with van der Waals surface area (Å²) in [6.45, 7) is 0. The zero-order valence-corrected chi connectivity index (χ0v) is 11.2. The van der Waals surface area contributed by atoms with Crippen LogP contribution in [0.5, 0.6) is 0 Å². The molecule has 1 rings (SSSR count). The molecule has 0 heterocycles. The van der Waals surface area contributed by atoms with Gasteiger partial charge in [0, 0.05) is 5.33 Å². The Balaban J connectivity index is 2.22. The first kappa shape index (κ1) is 11.8. The molecule has 2 nitrogen and oxygen atoms in total. The highest BCUT2D eigenvalue weighted by Crippen LogP contribution is 2.22. The molecule has 0 aromatic carbocycles. The van der Waals surface area contributed by atoms with Gasteiger partial charge in [0.1, 0.15) is 10.0 Å². The Morgan fingerprint density at radius 3 is 2.69 bits per heavy atom. The number of hydrogen-bond donors (Lipinski definition) is 0. The van der Waals surface area contributed by atoms with E-state index in [0.29, 0.717) is 0 Å². The summed E-state index contributed by atoms with van der Waals surface area (Å²) < 4.78 is 5.37. The van der Waals surface area contributed by atoms with Gasteiger partial charge in [0.05, 0.1) is 0 Å². The minimum atomic E-state index is -0.0352. The van der Waals surface area contributed by atoms with Crippen molar-refractivity contribution in [2.24, 2.45) is 0 Å². The summed E-state index contributed by atoms with van der Waals surface area (Å²) >= 11 is 5.47. The number of alkyl halides is 2. The quantitative estimate of drug-likeness (QED) is 0.437. The highest BCUT2D eigenvalue weighted by atomic mass is 127. The fourth-order valence-electron chi connectivity index (χ4n) is 1.46. The second-order valence-corrected chi connectivity index (χ2v) is 5.59. The largest absolute Gasteiger partial charge is 0.462 e. The third-order valence-electron chi connectivity index (χ3n) is 2.20. The number of carbonyl (C=O) groups excluding carboxylic acids is 1. The normalized spacial score (nSPS) is 20.2. The molecular weight excluding hydrogens is 347 g/mol. The van der Waals surface area contributed by atoms with Crippen molar-refractivity contribution in [3.05, 3.63) is 0 Å². The molecule has 1 aliphatic rings. The SMILES string of the molecule is O=C(OC1CCCC1)[C@@H](I)CCBr. The standard InChI is InChI=1S/C9H14BrIO2/c10-6-5-8(11)9(12)13-7-3-1-2-4-7/h7-8H,1-6H2/t8-/m0/s1. The van der Waals surface area contributed by atoms with Crippen molar-refractivity contribution in [2.45, 2.75) is 42.1 Å². The molecule has 0 radical (unpaired) electrons. The Labute approximate surface area is 101 Å². The van der Waals surface area contributed by atoms with Crippen LogP contribution in [0.25, 0.3) is 0 Å². The molecule has 0 N–H and O–H groups in total. The van der Waals surface area contributed by atoms with Crippen LogP contribution in [0.2, 0.25) is 0 Å². The second-order valence-electron chi connectivity index (χ2n) is 3.29. The molecule has 0 unspecified atom stereocenters. The van der Waals surface area contributed by atoms with Crippen molar-refractivity contribution < 1.29 is 9.53 Å². The van der Waals surface area contributed by atoms with Crippen LogP contribution in [0.3, 0.4) is 0 Å². The van der Waals surface area contributed by atoms with Crippen molar-refractivity contribution >= 4 is 44.5 Å². The van der Waals surface area contributed by atoms with Crippen LogP contribution < -0.4 is 0 Å². The van der Waals surface area contributed by atoms with E-state index >= 15 is 0 Å². The van der Waals surface area contributed by atoms with E-state index in [9.17, 15) is 4.79 Å². The van der Waals surface area contributed by atoms with Gasteiger partial charge in [0.15, 0.2) is 0 Å². The predicted molar refractivity (Wildman–Crippen MR) is 64.6 cm³/mol. The zero-order valence-electron chi connectivity index (χ0n) is 7.47.